The molecule has 2 heterocycles. The number of anilines is 1. The molecule has 0 radical (unpaired) electrons. The van der Waals surface area contributed by atoms with Gasteiger partial charge in [0, 0.05) is 19.3 Å². The van der Waals surface area contributed by atoms with Gasteiger partial charge in [0.05, 0.1) is 18.8 Å². The lowest BCUT2D eigenvalue weighted by Gasteiger charge is -2.33. The number of rotatable bonds is 7. The summed E-state index contributed by atoms with van der Waals surface area (Å²) in [6.45, 7) is 2.70. The van der Waals surface area contributed by atoms with E-state index in [1.54, 1.807) is 25.4 Å². The van der Waals surface area contributed by atoms with Gasteiger partial charge in [-0.1, -0.05) is 12.5 Å². The molecule has 164 valence electrons. The largest absolute Gasteiger partial charge is 0.468 e. The first-order chi connectivity index (χ1) is 14.2. The molecular formula is C21H29FIN5O2. The van der Waals surface area contributed by atoms with E-state index in [9.17, 15) is 9.18 Å². The Morgan fingerprint density at radius 2 is 2.00 bits per heavy atom. The standard InChI is InChI=1S/C21H28FN5O2.HI/c1-23-21(25-15-20(28)26-17-8-5-7-16(22)13-17)24-14-18(19-9-6-12-29-19)27-10-3-2-4-11-27;/h5-9,12-13,18H,2-4,10-11,14-15H2,1H3,(H,26,28)(H2,23,24,25);1H. The number of aliphatic imine (C=N–C) groups is 1. The Bertz CT molecular complexity index is 809. The average Bonchev–Trinajstić information content (AvgIpc) is 3.26. The van der Waals surface area contributed by atoms with E-state index in [4.69, 9.17) is 4.42 Å². The molecule has 2 aromatic rings. The van der Waals surface area contributed by atoms with Crippen LogP contribution in [0.5, 0.6) is 0 Å². The first kappa shape index (κ1) is 24.1. The Morgan fingerprint density at radius 1 is 1.20 bits per heavy atom. The molecule has 1 atom stereocenters. The normalized spacial score (nSPS) is 15.7. The van der Waals surface area contributed by atoms with Crippen LogP contribution in [0.3, 0.4) is 0 Å². The van der Waals surface area contributed by atoms with Crippen LogP contribution < -0.4 is 16.0 Å². The Morgan fingerprint density at radius 3 is 2.67 bits per heavy atom. The minimum absolute atomic E-state index is 0. The Kier molecular flexibility index (Phi) is 10.1. The van der Waals surface area contributed by atoms with Gasteiger partial charge in [-0.2, -0.15) is 0 Å². The average molecular weight is 529 g/mol. The third-order valence-corrected chi connectivity index (χ3v) is 4.91. The van der Waals surface area contributed by atoms with E-state index in [0.29, 0.717) is 18.2 Å². The lowest BCUT2D eigenvalue weighted by atomic mass is 10.1. The van der Waals surface area contributed by atoms with Crippen LogP contribution in [0.25, 0.3) is 0 Å². The lowest BCUT2D eigenvalue weighted by molar-refractivity contribution is -0.115. The van der Waals surface area contributed by atoms with Gasteiger partial charge >= 0.3 is 0 Å². The zero-order valence-corrected chi connectivity index (χ0v) is 19.4. The summed E-state index contributed by atoms with van der Waals surface area (Å²) in [5.74, 6) is 0.763. The monoisotopic (exact) mass is 529 g/mol. The second kappa shape index (κ2) is 12.5. The van der Waals surface area contributed by atoms with Crippen molar-refractivity contribution in [3.8, 4) is 0 Å². The molecule has 0 saturated carbocycles. The second-order valence-electron chi connectivity index (χ2n) is 6.99. The van der Waals surface area contributed by atoms with Gasteiger partial charge in [-0.25, -0.2) is 4.39 Å². The summed E-state index contributed by atoms with van der Waals surface area (Å²) in [4.78, 5) is 18.7. The van der Waals surface area contributed by atoms with E-state index in [0.717, 1.165) is 18.8 Å². The Balaban J connectivity index is 0.00000320. The van der Waals surface area contributed by atoms with Crippen LogP contribution in [0, 0.1) is 5.82 Å². The highest BCUT2D eigenvalue weighted by molar-refractivity contribution is 14.0. The van der Waals surface area contributed by atoms with Gasteiger partial charge in [0.1, 0.15) is 11.6 Å². The molecule has 1 aliphatic heterocycles. The summed E-state index contributed by atoms with van der Waals surface area (Å²) >= 11 is 0. The van der Waals surface area contributed by atoms with E-state index >= 15 is 0 Å². The number of nitrogens with zero attached hydrogens (tertiary/aromatic N) is 2. The highest BCUT2D eigenvalue weighted by atomic mass is 127. The molecule has 1 aromatic carbocycles. The summed E-state index contributed by atoms with van der Waals surface area (Å²) in [6, 6.07) is 9.79. The fourth-order valence-electron chi connectivity index (χ4n) is 3.47. The van der Waals surface area contributed by atoms with Crippen molar-refractivity contribution in [1.29, 1.82) is 0 Å². The summed E-state index contributed by atoms with van der Waals surface area (Å²) in [7, 11) is 1.66. The van der Waals surface area contributed by atoms with Gasteiger partial charge < -0.3 is 20.4 Å². The van der Waals surface area contributed by atoms with Gasteiger partial charge in [-0.15, -0.1) is 24.0 Å². The number of furan rings is 1. The molecule has 1 unspecified atom stereocenters. The third kappa shape index (κ3) is 7.28. The zero-order chi connectivity index (χ0) is 20.5. The molecule has 0 aliphatic carbocycles. The van der Waals surface area contributed by atoms with Crippen LogP contribution in [0.4, 0.5) is 10.1 Å². The van der Waals surface area contributed by atoms with Crippen LogP contribution >= 0.6 is 24.0 Å². The number of likely N-dealkylation sites (tertiary alicyclic amines) is 1. The second-order valence-corrected chi connectivity index (χ2v) is 6.99. The predicted octanol–water partition coefficient (Wildman–Crippen LogP) is 3.37. The number of piperidine rings is 1. The number of carbonyl (C=O) groups excluding carboxylic acids is 1. The van der Waals surface area contributed by atoms with E-state index in [1.165, 1.54) is 31.4 Å². The predicted molar refractivity (Wildman–Crippen MR) is 127 cm³/mol. The molecule has 30 heavy (non-hydrogen) atoms. The highest BCUT2D eigenvalue weighted by Crippen LogP contribution is 2.24. The van der Waals surface area contributed by atoms with Gasteiger partial charge in [0.15, 0.2) is 5.96 Å². The maximum Gasteiger partial charge on any atom is 0.243 e. The number of hydrogen-bond acceptors (Lipinski definition) is 4. The summed E-state index contributed by atoms with van der Waals surface area (Å²) in [5.41, 5.74) is 0.419. The number of halogens is 2. The molecule has 3 N–H and O–H groups in total. The minimum atomic E-state index is -0.394. The van der Waals surface area contributed by atoms with E-state index in [-0.39, 0.29) is 42.5 Å². The summed E-state index contributed by atoms with van der Waals surface area (Å²) in [6.07, 6.45) is 5.32. The summed E-state index contributed by atoms with van der Waals surface area (Å²) < 4.78 is 18.9. The van der Waals surface area contributed by atoms with Gasteiger partial charge in [-0.3, -0.25) is 14.7 Å². The molecule has 3 rings (SSSR count). The Hall–Kier alpha value is -2.14. The fourth-order valence-corrected chi connectivity index (χ4v) is 3.47. The molecule has 1 fully saturated rings. The number of nitrogens with one attached hydrogen (secondary N) is 3. The number of hydrogen-bond donors (Lipinski definition) is 3. The molecular weight excluding hydrogens is 500 g/mol. The molecule has 0 spiro atoms. The highest BCUT2D eigenvalue weighted by Gasteiger charge is 2.24. The van der Waals surface area contributed by atoms with E-state index in [1.807, 2.05) is 12.1 Å². The van der Waals surface area contributed by atoms with Gasteiger partial charge in [0.2, 0.25) is 5.91 Å². The van der Waals surface area contributed by atoms with Gasteiger partial charge in [0.25, 0.3) is 0 Å². The van der Waals surface area contributed by atoms with Crippen molar-refractivity contribution in [3.63, 3.8) is 0 Å². The van der Waals surface area contributed by atoms with Crippen molar-refractivity contribution in [2.24, 2.45) is 4.99 Å². The number of carbonyl (C=O) groups is 1. The quantitative estimate of drug-likeness (QED) is 0.291. The van der Waals surface area contributed by atoms with Crippen LogP contribution in [0.15, 0.2) is 52.1 Å². The molecule has 1 aliphatic rings. The molecule has 1 amide bonds. The fraction of sp³-hybridized carbons (Fsp3) is 0.429. The SMILES string of the molecule is CN=C(NCC(=O)Nc1cccc(F)c1)NCC(c1ccco1)N1CCCCC1.I. The van der Waals surface area contributed by atoms with Gasteiger partial charge in [-0.05, 0) is 56.3 Å². The first-order valence-corrected chi connectivity index (χ1v) is 9.93. The van der Waals surface area contributed by atoms with Crippen molar-refractivity contribution in [2.45, 2.75) is 25.3 Å². The number of amides is 1. The van der Waals surface area contributed by atoms with E-state index < -0.39 is 5.82 Å². The Labute approximate surface area is 193 Å². The van der Waals surface area contributed by atoms with Crippen molar-refractivity contribution >= 4 is 41.5 Å². The van der Waals surface area contributed by atoms with Crippen LogP contribution in [0.2, 0.25) is 0 Å². The maximum absolute atomic E-state index is 13.2. The van der Waals surface area contributed by atoms with Crippen molar-refractivity contribution < 1.29 is 13.6 Å². The van der Waals surface area contributed by atoms with Crippen molar-refractivity contribution in [2.75, 3.05) is 38.5 Å². The van der Waals surface area contributed by atoms with Crippen LogP contribution in [-0.2, 0) is 4.79 Å². The number of guanidine groups is 1. The van der Waals surface area contributed by atoms with Crippen molar-refractivity contribution in [1.82, 2.24) is 15.5 Å². The maximum atomic E-state index is 13.2. The number of benzene rings is 1. The molecule has 9 heteroatoms. The lowest BCUT2D eigenvalue weighted by Crippen LogP contribution is -2.46. The minimum Gasteiger partial charge on any atom is -0.468 e. The van der Waals surface area contributed by atoms with Crippen molar-refractivity contribution in [3.05, 3.63) is 54.2 Å². The molecule has 1 aromatic heterocycles. The molecule has 1 saturated heterocycles. The smallest absolute Gasteiger partial charge is 0.243 e. The third-order valence-electron chi connectivity index (χ3n) is 4.91. The van der Waals surface area contributed by atoms with E-state index in [2.05, 4.69) is 25.8 Å². The molecule has 0 bridgehead atoms. The topological polar surface area (TPSA) is 81.9 Å². The molecule has 7 nitrogen and oxygen atoms in total. The zero-order valence-electron chi connectivity index (χ0n) is 17.1. The van der Waals surface area contributed by atoms with Crippen LogP contribution in [-0.4, -0.2) is 50.0 Å². The summed E-state index contributed by atoms with van der Waals surface area (Å²) in [5, 5.41) is 8.93. The first-order valence-electron chi connectivity index (χ1n) is 9.93. The van der Waals surface area contributed by atoms with Crippen LogP contribution in [0.1, 0.15) is 31.1 Å².